The second kappa shape index (κ2) is 4.85. The summed E-state index contributed by atoms with van der Waals surface area (Å²) in [5.41, 5.74) is 6.36. The first kappa shape index (κ1) is 12.3. The van der Waals surface area contributed by atoms with Gasteiger partial charge in [0.15, 0.2) is 11.5 Å². The molecule has 0 bridgehead atoms. The first-order chi connectivity index (χ1) is 7.47. The fraction of sp³-hybridized carbons (Fsp3) is 0.364. The summed E-state index contributed by atoms with van der Waals surface area (Å²) < 4.78 is 0. The number of hydrogen-bond donors (Lipinski definition) is 4. The highest BCUT2D eigenvalue weighted by molar-refractivity contribution is 5.68. The number of carboxylic acid groups (broad SMARTS) is 1. The van der Waals surface area contributed by atoms with Gasteiger partial charge in [-0.25, -0.2) is 0 Å². The van der Waals surface area contributed by atoms with E-state index >= 15 is 0 Å². The Bertz CT molecular complexity index is 403. The average Bonchev–Trinajstić information content (AvgIpc) is 2.23. The Morgan fingerprint density at radius 1 is 1.38 bits per heavy atom. The van der Waals surface area contributed by atoms with Crippen molar-refractivity contribution in [2.45, 2.75) is 19.3 Å². The van der Waals surface area contributed by atoms with Crippen molar-refractivity contribution in [1.29, 1.82) is 0 Å². The van der Waals surface area contributed by atoms with Crippen molar-refractivity contribution in [3.05, 3.63) is 23.3 Å². The monoisotopic (exact) mass is 225 g/mol. The molecule has 0 spiro atoms. The van der Waals surface area contributed by atoms with E-state index in [1.54, 1.807) is 19.1 Å². The summed E-state index contributed by atoms with van der Waals surface area (Å²) in [4.78, 5) is 10.6. The Hall–Kier alpha value is -1.75. The maximum atomic E-state index is 10.6. The Balaban J connectivity index is 3.11. The van der Waals surface area contributed by atoms with E-state index in [0.717, 1.165) is 0 Å². The Labute approximate surface area is 93.1 Å². The summed E-state index contributed by atoms with van der Waals surface area (Å²) in [6, 6.07) is 3.21. The van der Waals surface area contributed by atoms with Crippen molar-refractivity contribution < 1.29 is 20.1 Å². The van der Waals surface area contributed by atoms with Crippen molar-refractivity contribution >= 4 is 5.97 Å². The number of hydrogen-bond acceptors (Lipinski definition) is 4. The summed E-state index contributed by atoms with van der Waals surface area (Å²) in [7, 11) is 0. The number of aromatic hydroxyl groups is 2. The number of aliphatic carboxylic acids is 1. The Kier molecular flexibility index (Phi) is 3.73. The van der Waals surface area contributed by atoms with E-state index in [9.17, 15) is 15.0 Å². The highest BCUT2D eigenvalue weighted by atomic mass is 16.4. The molecule has 1 aromatic rings. The van der Waals surface area contributed by atoms with Crippen LogP contribution in [0.3, 0.4) is 0 Å². The van der Waals surface area contributed by atoms with Gasteiger partial charge in [-0.3, -0.25) is 4.79 Å². The van der Waals surface area contributed by atoms with Gasteiger partial charge < -0.3 is 21.1 Å². The molecule has 5 N–H and O–H groups in total. The number of rotatable bonds is 4. The third-order valence-corrected chi connectivity index (χ3v) is 2.53. The molecule has 0 fully saturated rings. The number of benzene rings is 1. The molecule has 88 valence electrons. The lowest BCUT2D eigenvalue weighted by molar-refractivity contribution is -0.137. The lowest BCUT2D eigenvalue weighted by Gasteiger charge is -2.15. The molecule has 0 radical (unpaired) electrons. The van der Waals surface area contributed by atoms with Gasteiger partial charge in [0.05, 0.1) is 6.42 Å². The van der Waals surface area contributed by atoms with Gasteiger partial charge in [0.25, 0.3) is 0 Å². The molecule has 0 aliphatic rings. The van der Waals surface area contributed by atoms with E-state index in [-0.39, 0.29) is 24.5 Å². The van der Waals surface area contributed by atoms with E-state index in [4.69, 9.17) is 10.8 Å². The van der Waals surface area contributed by atoms with Crippen LogP contribution in [0.1, 0.15) is 23.5 Å². The third-order valence-electron chi connectivity index (χ3n) is 2.53. The molecule has 0 heterocycles. The first-order valence-corrected chi connectivity index (χ1v) is 4.90. The van der Waals surface area contributed by atoms with Crippen LogP contribution in [0.25, 0.3) is 0 Å². The zero-order valence-corrected chi connectivity index (χ0v) is 8.97. The van der Waals surface area contributed by atoms with Crippen LogP contribution in [0, 0.1) is 6.92 Å². The zero-order chi connectivity index (χ0) is 12.3. The molecule has 1 unspecified atom stereocenters. The highest BCUT2D eigenvalue weighted by Gasteiger charge is 2.19. The van der Waals surface area contributed by atoms with Crippen molar-refractivity contribution in [1.82, 2.24) is 0 Å². The minimum Gasteiger partial charge on any atom is -0.504 e. The van der Waals surface area contributed by atoms with Crippen LogP contribution in [0.15, 0.2) is 12.1 Å². The Morgan fingerprint density at radius 3 is 2.50 bits per heavy atom. The molecule has 5 nitrogen and oxygen atoms in total. The summed E-state index contributed by atoms with van der Waals surface area (Å²) in [5.74, 6) is -1.99. The van der Waals surface area contributed by atoms with E-state index < -0.39 is 11.9 Å². The molecule has 0 aliphatic carbocycles. The number of aryl methyl sites for hydroxylation is 1. The van der Waals surface area contributed by atoms with Crippen molar-refractivity contribution in [3.8, 4) is 11.5 Å². The van der Waals surface area contributed by atoms with Crippen LogP contribution >= 0.6 is 0 Å². The normalized spacial score (nSPS) is 12.4. The number of carbonyl (C=O) groups is 1. The first-order valence-electron chi connectivity index (χ1n) is 4.90. The molecule has 0 amide bonds. The second-order valence-electron chi connectivity index (χ2n) is 3.70. The quantitative estimate of drug-likeness (QED) is 0.570. The van der Waals surface area contributed by atoms with Gasteiger partial charge in [-0.15, -0.1) is 0 Å². The molecule has 0 aromatic heterocycles. The average molecular weight is 225 g/mol. The van der Waals surface area contributed by atoms with Crippen LogP contribution in [0.5, 0.6) is 11.5 Å². The topological polar surface area (TPSA) is 104 Å². The molecular formula is C11H15NO4. The predicted octanol–water partition coefficient (Wildman–Crippen LogP) is 0.923. The molecule has 16 heavy (non-hydrogen) atoms. The molecular weight excluding hydrogens is 210 g/mol. The van der Waals surface area contributed by atoms with E-state index in [0.29, 0.717) is 11.1 Å². The number of phenols is 2. The molecule has 1 aromatic carbocycles. The standard InChI is InChI=1S/C11H15NO4/c1-6-2-3-8(11(16)10(6)15)7(5-12)4-9(13)14/h2-3,7,15-16H,4-5,12H2,1H3,(H,13,14). The molecule has 1 atom stereocenters. The predicted molar refractivity (Wildman–Crippen MR) is 58.6 cm³/mol. The van der Waals surface area contributed by atoms with Crippen LogP contribution in [0.4, 0.5) is 0 Å². The smallest absolute Gasteiger partial charge is 0.304 e. The minimum atomic E-state index is -0.991. The van der Waals surface area contributed by atoms with Gasteiger partial charge in [-0.05, 0) is 19.0 Å². The third kappa shape index (κ3) is 2.43. The molecule has 0 aliphatic heterocycles. The lowest BCUT2D eigenvalue weighted by Crippen LogP contribution is -2.16. The van der Waals surface area contributed by atoms with Gasteiger partial charge in [0.1, 0.15) is 0 Å². The van der Waals surface area contributed by atoms with Crippen LogP contribution in [-0.2, 0) is 4.79 Å². The summed E-state index contributed by atoms with van der Waals surface area (Å²) in [6.07, 6.45) is -0.174. The van der Waals surface area contributed by atoms with E-state index in [2.05, 4.69) is 0 Å². The van der Waals surface area contributed by atoms with Gasteiger partial charge >= 0.3 is 5.97 Å². The summed E-state index contributed by atoms with van der Waals surface area (Å²) in [5, 5.41) is 27.9. The van der Waals surface area contributed by atoms with Crippen LogP contribution in [-0.4, -0.2) is 27.8 Å². The van der Waals surface area contributed by atoms with Crippen molar-refractivity contribution in [2.75, 3.05) is 6.54 Å². The summed E-state index contributed by atoms with van der Waals surface area (Å²) in [6.45, 7) is 1.75. The SMILES string of the molecule is Cc1ccc(C(CN)CC(=O)O)c(O)c1O. The molecule has 0 saturated heterocycles. The highest BCUT2D eigenvalue weighted by Crippen LogP contribution is 2.37. The zero-order valence-electron chi connectivity index (χ0n) is 8.97. The minimum absolute atomic E-state index is 0.0996. The van der Waals surface area contributed by atoms with Gasteiger partial charge in [0.2, 0.25) is 0 Å². The fourth-order valence-electron chi connectivity index (χ4n) is 1.56. The maximum Gasteiger partial charge on any atom is 0.304 e. The fourth-order valence-corrected chi connectivity index (χ4v) is 1.56. The van der Waals surface area contributed by atoms with Gasteiger partial charge in [-0.2, -0.15) is 0 Å². The molecule has 0 saturated carbocycles. The van der Waals surface area contributed by atoms with E-state index in [1.165, 1.54) is 0 Å². The second-order valence-corrected chi connectivity index (χ2v) is 3.70. The number of carboxylic acids is 1. The largest absolute Gasteiger partial charge is 0.504 e. The Morgan fingerprint density at radius 2 is 2.00 bits per heavy atom. The van der Waals surface area contributed by atoms with Crippen LogP contribution < -0.4 is 5.73 Å². The maximum absolute atomic E-state index is 10.6. The molecule has 1 rings (SSSR count). The van der Waals surface area contributed by atoms with Crippen LogP contribution in [0.2, 0.25) is 0 Å². The van der Waals surface area contributed by atoms with Gasteiger partial charge in [-0.1, -0.05) is 12.1 Å². The van der Waals surface area contributed by atoms with Crippen molar-refractivity contribution in [3.63, 3.8) is 0 Å². The number of phenolic OH excluding ortho intramolecular Hbond substituents is 2. The number of nitrogens with two attached hydrogens (primary N) is 1. The molecule has 5 heteroatoms. The van der Waals surface area contributed by atoms with Crippen molar-refractivity contribution in [2.24, 2.45) is 5.73 Å². The summed E-state index contributed by atoms with van der Waals surface area (Å²) >= 11 is 0. The van der Waals surface area contributed by atoms with E-state index in [1.807, 2.05) is 0 Å². The lowest BCUT2D eigenvalue weighted by atomic mass is 9.93. The van der Waals surface area contributed by atoms with Gasteiger partial charge in [0, 0.05) is 11.5 Å².